The average Bonchev–Trinajstić information content (AvgIpc) is 2.81. The smallest absolute Gasteiger partial charge is 0.405 e. The first-order valence-corrected chi connectivity index (χ1v) is 5.45. The van der Waals surface area contributed by atoms with Crippen LogP contribution in [0, 0.1) is 0 Å². The number of aromatic nitrogens is 4. The maximum Gasteiger partial charge on any atom is 0.405 e. The van der Waals surface area contributed by atoms with Crippen LogP contribution in [0.1, 0.15) is 11.7 Å². The highest BCUT2D eigenvalue weighted by Gasteiger charge is 2.17. The summed E-state index contributed by atoms with van der Waals surface area (Å²) in [6.07, 6.45) is -0.160. The Hall–Kier alpha value is -2.15. The van der Waals surface area contributed by atoms with E-state index in [1.54, 1.807) is 24.3 Å². The van der Waals surface area contributed by atoms with Gasteiger partial charge in [0.05, 0.1) is 0 Å². The molecule has 18 heavy (non-hydrogen) atoms. The van der Waals surface area contributed by atoms with Crippen molar-refractivity contribution in [3.63, 3.8) is 0 Å². The first kappa shape index (κ1) is 12.3. The maximum absolute atomic E-state index is 10.9. The number of ether oxygens (including phenoxy) is 1. The number of carbonyl (C=O) groups excluding carboxylic acids is 1. The van der Waals surface area contributed by atoms with E-state index in [-0.39, 0.29) is 6.54 Å². The van der Waals surface area contributed by atoms with Crippen LogP contribution in [-0.2, 0) is 11.3 Å². The van der Waals surface area contributed by atoms with E-state index in [2.05, 4.69) is 15.4 Å². The Labute approximate surface area is 107 Å². The number of tetrazole rings is 1. The van der Waals surface area contributed by atoms with Gasteiger partial charge in [-0.1, -0.05) is 23.7 Å². The van der Waals surface area contributed by atoms with Gasteiger partial charge < -0.3 is 10.5 Å². The lowest BCUT2D eigenvalue weighted by molar-refractivity contribution is 0.0900. The normalized spacial score (nSPS) is 12.1. The number of benzene rings is 1. The molecule has 1 aromatic heterocycles. The zero-order valence-electron chi connectivity index (χ0n) is 9.23. The number of hydrogen-bond acceptors (Lipinski definition) is 5. The summed E-state index contributed by atoms with van der Waals surface area (Å²) in [5.74, 6) is 0. The van der Waals surface area contributed by atoms with Gasteiger partial charge in [-0.25, -0.2) is 4.79 Å². The molecule has 0 aliphatic rings. The lowest BCUT2D eigenvalue weighted by Gasteiger charge is -2.16. The van der Waals surface area contributed by atoms with Gasteiger partial charge in [0, 0.05) is 5.02 Å². The van der Waals surface area contributed by atoms with Crippen LogP contribution >= 0.6 is 11.6 Å². The van der Waals surface area contributed by atoms with Crippen molar-refractivity contribution in [1.82, 2.24) is 20.2 Å². The highest BCUT2D eigenvalue weighted by Crippen LogP contribution is 2.21. The molecule has 2 rings (SSSR count). The molecule has 0 bridgehead atoms. The van der Waals surface area contributed by atoms with E-state index >= 15 is 0 Å². The number of primary amides is 1. The fourth-order valence-electron chi connectivity index (χ4n) is 1.45. The van der Waals surface area contributed by atoms with Crippen molar-refractivity contribution in [2.45, 2.75) is 12.6 Å². The number of carbonyl (C=O) groups is 1. The molecular weight excluding hydrogens is 258 g/mol. The zero-order valence-corrected chi connectivity index (χ0v) is 9.99. The molecule has 0 aliphatic heterocycles. The summed E-state index contributed by atoms with van der Waals surface area (Å²) in [5.41, 5.74) is 5.78. The number of halogens is 1. The monoisotopic (exact) mass is 267 g/mol. The standard InChI is InChI=1S/C10H10ClN5O2/c11-8-3-1-7(2-4-8)9(18-10(12)17)5-16-14-6-13-15-16/h1-4,6,9H,5H2,(H2,12,17)/t9-/m1/s1. The SMILES string of the molecule is NC(=O)O[C@H](Cn1ncnn1)c1ccc(Cl)cc1. The molecule has 0 unspecified atom stereocenters. The molecule has 0 spiro atoms. The largest absolute Gasteiger partial charge is 0.439 e. The van der Waals surface area contributed by atoms with Crippen LogP contribution in [0.15, 0.2) is 30.6 Å². The minimum absolute atomic E-state index is 0.227. The van der Waals surface area contributed by atoms with Crippen LogP contribution in [0.25, 0.3) is 0 Å². The van der Waals surface area contributed by atoms with Crippen molar-refractivity contribution in [2.24, 2.45) is 5.73 Å². The van der Waals surface area contributed by atoms with Gasteiger partial charge >= 0.3 is 6.09 Å². The van der Waals surface area contributed by atoms with Gasteiger partial charge in [-0.05, 0) is 22.9 Å². The fraction of sp³-hybridized carbons (Fsp3) is 0.200. The Balaban J connectivity index is 2.19. The number of nitrogens with two attached hydrogens (primary N) is 1. The van der Waals surface area contributed by atoms with Gasteiger partial charge in [0.15, 0.2) is 12.4 Å². The van der Waals surface area contributed by atoms with Crippen molar-refractivity contribution in [3.8, 4) is 0 Å². The Kier molecular flexibility index (Phi) is 3.73. The molecular formula is C10H10ClN5O2. The molecule has 7 nitrogen and oxygen atoms in total. The van der Waals surface area contributed by atoms with E-state index in [0.29, 0.717) is 5.02 Å². The second kappa shape index (κ2) is 5.46. The highest BCUT2D eigenvalue weighted by molar-refractivity contribution is 6.30. The van der Waals surface area contributed by atoms with E-state index in [1.807, 2.05) is 0 Å². The third-order valence-corrected chi connectivity index (χ3v) is 2.47. The molecule has 0 saturated carbocycles. The number of amides is 1. The highest BCUT2D eigenvalue weighted by atomic mass is 35.5. The van der Waals surface area contributed by atoms with E-state index in [1.165, 1.54) is 11.1 Å². The van der Waals surface area contributed by atoms with Crippen LogP contribution in [-0.4, -0.2) is 26.3 Å². The van der Waals surface area contributed by atoms with E-state index < -0.39 is 12.2 Å². The summed E-state index contributed by atoms with van der Waals surface area (Å²) in [6, 6.07) is 6.88. The third kappa shape index (κ3) is 3.17. The second-order valence-corrected chi connectivity index (χ2v) is 3.90. The van der Waals surface area contributed by atoms with Gasteiger partial charge in [-0.3, -0.25) is 0 Å². The van der Waals surface area contributed by atoms with Gasteiger partial charge in [0.2, 0.25) is 0 Å². The molecule has 94 valence electrons. The lowest BCUT2D eigenvalue weighted by Crippen LogP contribution is -2.22. The summed E-state index contributed by atoms with van der Waals surface area (Å²) in [5, 5.41) is 11.7. The zero-order chi connectivity index (χ0) is 13.0. The fourth-order valence-corrected chi connectivity index (χ4v) is 1.57. The molecule has 0 saturated heterocycles. The van der Waals surface area contributed by atoms with Gasteiger partial charge in [-0.15, -0.1) is 10.2 Å². The first-order chi connectivity index (χ1) is 8.65. The summed E-state index contributed by atoms with van der Waals surface area (Å²) >= 11 is 5.79. The predicted molar refractivity (Wildman–Crippen MR) is 62.7 cm³/mol. The predicted octanol–water partition coefficient (Wildman–Crippen LogP) is 1.16. The molecule has 1 aromatic carbocycles. The van der Waals surface area contributed by atoms with Crippen LogP contribution in [0.3, 0.4) is 0 Å². The molecule has 2 N–H and O–H groups in total. The van der Waals surface area contributed by atoms with E-state index in [0.717, 1.165) is 5.56 Å². The Morgan fingerprint density at radius 2 is 2.17 bits per heavy atom. The van der Waals surface area contributed by atoms with E-state index in [4.69, 9.17) is 22.1 Å². The number of rotatable bonds is 4. The number of hydrogen-bond donors (Lipinski definition) is 1. The van der Waals surface area contributed by atoms with Gasteiger partial charge in [0.25, 0.3) is 0 Å². The molecule has 1 atom stereocenters. The van der Waals surface area contributed by atoms with Crippen molar-refractivity contribution in [3.05, 3.63) is 41.2 Å². The molecule has 8 heteroatoms. The van der Waals surface area contributed by atoms with Gasteiger partial charge in [0.1, 0.15) is 6.54 Å². The van der Waals surface area contributed by atoms with Crippen LogP contribution in [0.2, 0.25) is 5.02 Å². The van der Waals surface area contributed by atoms with Gasteiger partial charge in [-0.2, -0.15) is 4.80 Å². The van der Waals surface area contributed by atoms with E-state index in [9.17, 15) is 4.79 Å². The number of nitrogens with zero attached hydrogens (tertiary/aromatic N) is 4. The molecule has 0 radical (unpaired) electrons. The van der Waals surface area contributed by atoms with Crippen molar-refractivity contribution < 1.29 is 9.53 Å². The molecule has 1 amide bonds. The average molecular weight is 268 g/mol. The Morgan fingerprint density at radius 1 is 1.44 bits per heavy atom. The molecule has 0 fully saturated rings. The topological polar surface area (TPSA) is 95.9 Å². The van der Waals surface area contributed by atoms with Crippen molar-refractivity contribution in [1.29, 1.82) is 0 Å². The molecule has 0 aliphatic carbocycles. The minimum Gasteiger partial charge on any atom is -0.439 e. The minimum atomic E-state index is -0.866. The quantitative estimate of drug-likeness (QED) is 0.897. The van der Waals surface area contributed by atoms with Crippen LogP contribution in [0.4, 0.5) is 4.79 Å². The Morgan fingerprint density at radius 3 is 2.72 bits per heavy atom. The van der Waals surface area contributed by atoms with Crippen molar-refractivity contribution >= 4 is 17.7 Å². The summed E-state index contributed by atoms with van der Waals surface area (Å²) in [4.78, 5) is 12.2. The summed E-state index contributed by atoms with van der Waals surface area (Å²) in [6.45, 7) is 0.227. The second-order valence-electron chi connectivity index (χ2n) is 3.47. The molecule has 2 aromatic rings. The van der Waals surface area contributed by atoms with Crippen molar-refractivity contribution in [2.75, 3.05) is 0 Å². The van der Waals surface area contributed by atoms with Crippen LogP contribution < -0.4 is 5.73 Å². The first-order valence-electron chi connectivity index (χ1n) is 5.07. The summed E-state index contributed by atoms with van der Waals surface area (Å²) in [7, 11) is 0. The Bertz CT molecular complexity index is 514. The molecule has 1 heterocycles. The lowest BCUT2D eigenvalue weighted by atomic mass is 10.1. The summed E-state index contributed by atoms with van der Waals surface area (Å²) < 4.78 is 5.02. The van der Waals surface area contributed by atoms with Crippen LogP contribution in [0.5, 0.6) is 0 Å². The maximum atomic E-state index is 10.9. The third-order valence-electron chi connectivity index (χ3n) is 2.22.